The molecule has 16 heavy (non-hydrogen) atoms. The molecule has 0 aliphatic carbocycles. The molecular weight excluding hydrogens is 317 g/mol. The highest BCUT2D eigenvalue weighted by atomic mass is 127. The summed E-state index contributed by atoms with van der Waals surface area (Å²) in [5.74, 6) is -0.424. The lowest BCUT2D eigenvalue weighted by molar-refractivity contribution is -0.136. The van der Waals surface area contributed by atoms with E-state index in [-0.39, 0.29) is 11.8 Å². The van der Waals surface area contributed by atoms with E-state index in [1.165, 1.54) is 17.1 Å². The van der Waals surface area contributed by atoms with Crippen molar-refractivity contribution in [2.45, 2.75) is 6.42 Å². The highest BCUT2D eigenvalue weighted by Crippen LogP contribution is 2.13. The lowest BCUT2D eigenvalue weighted by Crippen LogP contribution is -2.32. The van der Waals surface area contributed by atoms with Gasteiger partial charge in [-0.3, -0.25) is 14.5 Å². The van der Waals surface area contributed by atoms with Crippen LogP contribution in [0, 0.1) is 3.57 Å². The Morgan fingerprint density at radius 3 is 2.31 bits per heavy atom. The van der Waals surface area contributed by atoms with Crippen molar-refractivity contribution in [2.24, 2.45) is 0 Å². The predicted octanol–water partition coefficient (Wildman–Crippen LogP) is 1.76. The molecule has 0 bridgehead atoms. The third-order valence-electron chi connectivity index (χ3n) is 2.46. The Hall–Kier alpha value is -1.17. The Kier molecular flexibility index (Phi) is 3.38. The fourth-order valence-electron chi connectivity index (χ4n) is 1.58. The Bertz CT molecular complexity index is 450. The van der Waals surface area contributed by atoms with Gasteiger partial charge in [-0.2, -0.15) is 0 Å². The van der Waals surface area contributed by atoms with Crippen LogP contribution in [0.4, 0.5) is 0 Å². The van der Waals surface area contributed by atoms with Gasteiger partial charge in [-0.25, -0.2) is 0 Å². The van der Waals surface area contributed by atoms with Gasteiger partial charge in [0, 0.05) is 22.3 Å². The van der Waals surface area contributed by atoms with E-state index in [1.54, 1.807) is 0 Å². The molecule has 0 unspecified atom stereocenters. The molecule has 3 nitrogen and oxygen atoms in total. The zero-order chi connectivity index (χ0) is 11.5. The number of rotatable bonds is 3. The molecule has 2 amide bonds. The maximum absolute atomic E-state index is 11.3. The van der Waals surface area contributed by atoms with Crippen LogP contribution in [0.25, 0.3) is 0 Å². The molecule has 1 aliphatic rings. The number of carbonyl (C=O) groups excluding carboxylic acids is 2. The van der Waals surface area contributed by atoms with Crippen LogP contribution in [0.5, 0.6) is 0 Å². The molecule has 0 fully saturated rings. The molecule has 0 aromatic heterocycles. The van der Waals surface area contributed by atoms with Gasteiger partial charge in [0.2, 0.25) is 0 Å². The monoisotopic (exact) mass is 327 g/mol. The van der Waals surface area contributed by atoms with Gasteiger partial charge in [0.1, 0.15) is 0 Å². The normalized spacial score (nSPS) is 14.9. The quantitative estimate of drug-likeness (QED) is 0.627. The van der Waals surface area contributed by atoms with E-state index in [1.807, 2.05) is 24.3 Å². The van der Waals surface area contributed by atoms with Gasteiger partial charge >= 0.3 is 0 Å². The van der Waals surface area contributed by atoms with Gasteiger partial charge in [-0.1, -0.05) is 18.2 Å². The maximum atomic E-state index is 11.3. The van der Waals surface area contributed by atoms with E-state index in [4.69, 9.17) is 0 Å². The number of hydrogen-bond donors (Lipinski definition) is 0. The second kappa shape index (κ2) is 4.78. The summed E-state index contributed by atoms with van der Waals surface area (Å²) in [6.45, 7) is 0.449. The van der Waals surface area contributed by atoms with Crippen molar-refractivity contribution in [3.05, 3.63) is 45.6 Å². The first-order chi connectivity index (χ1) is 7.68. The highest BCUT2D eigenvalue weighted by Gasteiger charge is 2.22. The molecule has 2 rings (SSSR count). The van der Waals surface area contributed by atoms with Crippen LogP contribution in [-0.2, 0) is 16.0 Å². The second-order valence-corrected chi connectivity index (χ2v) is 4.67. The molecule has 1 aromatic rings. The van der Waals surface area contributed by atoms with E-state index in [9.17, 15) is 9.59 Å². The molecule has 0 saturated carbocycles. The van der Waals surface area contributed by atoms with Gasteiger partial charge < -0.3 is 0 Å². The lowest BCUT2D eigenvalue weighted by Gasteiger charge is -2.13. The minimum absolute atomic E-state index is 0.212. The maximum Gasteiger partial charge on any atom is 0.253 e. The van der Waals surface area contributed by atoms with E-state index in [2.05, 4.69) is 22.6 Å². The summed E-state index contributed by atoms with van der Waals surface area (Å²) in [7, 11) is 0. The zero-order valence-corrected chi connectivity index (χ0v) is 10.7. The second-order valence-electron chi connectivity index (χ2n) is 3.50. The number of nitrogens with zero attached hydrogens (tertiary/aromatic N) is 1. The molecular formula is C12H10INO2. The van der Waals surface area contributed by atoms with Crippen LogP contribution < -0.4 is 0 Å². The number of benzene rings is 1. The lowest BCUT2D eigenvalue weighted by atomic mass is 10.1. The third-order valence-corrected chi connectivity index (χ3v) is 3.52. The number of carbonyl (C=O) groups is 2. The van der Waals surface area contributed by atoms with E-state index in [0.29, 0.717) is 13.0 Å². The number of amides is 2. The standard InChI is InChI=1S/C12H10INO2/c13-10-4-2-1-3-9(10)7-8-14-11(15)5-6-12(14)16/h1-6H,7-8H2. The van der Waals surface area contributed by atoms with Gasteiger partial charge in [-0.05, 0) is 40.6 Å². The van der Waals surface area contributed by atoms with Crippen LogP contribution in [0.2, 0.25) is 0 Å². The first-order valence-corrected chi connectivity index (χ1v) is 6.03. The van der Waals surface area contributed by atoms with E-state index in [0.717, 1.165) is 9.13 Å². The van der Waals surface area contributed by atoms with Gasteiger partial charge in [-0.15, -0.1) is 0 Å². The van der Waals surface area contributed by atoms with Crippen LogP contribution in [-0.4, -0.2) is 23.3 Å². The van der Waals surface area contributed by atoms with Crippen LogP contribution in [0.15, 0.2) is 36.4 Å². The average molecular weight is 327 g/mol. The van der Waals surface area contributed by atoms with Crippen molar-refractivity contribution in [2.75, 3.05) is 6.54 Å². The molecule has 0 radical (unpaired) electrons. The van der Waals surface area contributed by atoms with Crippen molar-refractivity contribution >= 4 is 34.4 Å². The first kappa shape index (κ1) is 11.3. The summed E-state index contributed by atoms with van der Waals surface area (Å²) < 4.78 is 1.16. The molecule has 0 spiro atoms. The number of imide groups is 1. The molecule has 0 saturated heterocycles. The molecule has 1 aromatic carbocycles. The topological polar surface area (TPSA) is 37.4 Å². The number of halogens is 1. The Labute approximate surface area is 107 Å². The van der Waals surface area contributed by atoms with Gasteiger partial charge in [0.05, 0.1) is 0 Å². The van der Waals surface area contributed by atoms with Crippen LogP contribution in [0.3, 0.4) is 0 Å². The Balaban J connectivity index is 2.01. The summed E-state index contributed by atoms with van der Waals surface area (Å²) in [6, 6.07) is 7.96. The number of hydrogen-bond acceptors (Lipinski definition) is 2. The van der Waals surface area contributed by atoms with E-state index < -0.39 is 0 Å². The minimum atomic E-state index is -0.212. The fraction of sp³-hybridized carbons (Fsp3) is 0.167. The Morgan fingerprint density at radius 1 is 1.06 bits per heavy atom. The largest absolute Gasteiger partial charge is 0.275 e. The van der Waals surface area contributed by atoms with Crippen LogP contribution >= 0.6 is 22.6 Å². The summed E-state index contributed by atoms with van der Waals surface area (Å²) in [6.07, 6.45) is 3.34. The molecule has 0 N–H and O–H groups in total. The summed E-state index contributed by atoms with van der Waals surface area (Å²) in [4.78, 5) is 23.9. The van der Waals surface area contributed by atoms with Crippen LogP contribution in [0.1, 0.15) is 5.56 Å². The smallest absolute Gasteiger partial charge is 0.253 e. The van der Waals surface area contributed by atoms with Crippen molar-refractivity contribution in [3.63, 3.8) is 0 Å². The SMILES string of the molecule is O=C1C=CC(=O)N1CCc1ccccc1I. The average Bonchev–Trinajstić information content (AvgIpc) is 2.58. The molecule has 1 aliphatic heterocycles. The van der Waals surface area contributed by atoms with Gasteiger partial charge in [0.15, 0.2) is 0 Å². The first-order valence-electron chi connectivity index (χ1n) is 4.95. The zero-order valence-electron chi connectivity index (χ0n) is 8.52. The molecule has 82 valence electrons. The van der Waals surface area contributed by atoms with Gasteiger partial charge in [0.25, 0.3) is 11.8 Å². The van der Waals surface area contributed by atoms with Crippen molar-refractivity contribution in [1.82, 2.24) is 4.90 Å². The predicted molar refractivity (Wildman–Crippen MR) is 68.7 cm³/mol. The van der Waals surface area contributed by atoms with E-state index >= 15 is 0 Å². The minimum Gasteiger partial charge on any atom is -0.275 e. The highest BCUT2D eigenvalue weighted by molar-refractivity contribution is 14.1. The van der Waals surface area contributed by atoms with Crippen molar-refractivity contribution in [3.8, 4) is 0 Å². The summed E-state index contributed by atoms with van der Waals surface area (Å²) in [5, 5.41) is 0. The molecule has 4 heteroatoms. The summed E-state index contributed by atoms with van der Waals surface area (Å²) >= 11 is 2.25. The Morgan fingerprint density at radius 2 is 1.69 bits per heavy atom. The van der Waals surface area contributed by atoms with Crippen molar-refractivity contribution in [1.29, 1.82) is 0 Å². The fourth-order valence-corrected chi connectivity index (χ4v) is 2.24. The summed E-state index contributed by atoms with van der Waals surface area (Å²) in [5.41, 5.74) is 1.16. The molecule has 1 heterocycles. The van der Waals surface area contributed by atoms with Crippen molar-refractivity contribution < 1.29 is 9.59 Å². The third kappa shape index (κ3) is 2.32. The molecule has 0 atom stereocenters.